The van der Waals surface area contributed by atoms with Gasteiger partial charge in [-0.2, -0.15) is 0 Å². The molecule has 0 aromatic heterocycles. The summed E-state index contributed by atoms with van der Waals surface area (Å²) in [7, 11) is 0. The van der Waals surface area contributed by atoms with Crippen LogP contribution in [0, 0.1) is 0 Å². The molecule has 3 rings (SSSR count). The SMILES string of the molecule is NC[C@H]1O[C@H](O[C@H]2[C@H](O[C@@H]3O[C@H](CO)[C@@H](O)[C@H](OCCO)[C@H]3O)[C@@H](O)[C@H](N)C[C@@H]2N)[C@H](N)[C@@H](O)[C@@H]1O. The Hall–Kier alpha value is -0.640. The van der Waals surface area contributed by atoms with Crippen molar-refractivity contribution < 1.29 is 59.4 Å². The van der Waals surface area contributed by atoms with Crippen LogP contribution < -0.4 is 22.9 Å². The van der Waals surface area contributed by atoms with E-state index in [9.17, 15) is 30.6 Å². The van der Waals surface area contributed by atoms with Crippen LogP contribution in [0.4, 0.5) is 0 Å². The molecule has 0 radical (unpaired) electrons. The molecule has 0 aromatic rings. The summed E-state index contributed by atoms with van der Waals surface area (Å²) < 4.78 is 28.3. The third-order valence-corrected chi connectivity index (χ3v) is 6.85. The van der Waals surface area contributed by atoms with E-state index < -0.39 is 98.4 Å². The Morgan fingerprint density at radius 2 is 1.33 bits per heavy atom. The highest BCUT2D eigenvalue weighted by atomic mass is 16.7. The van der Waals surface area contributed by atoms with Crippen LogP contribution >= 0.6 is 0 Å². The maximum Gasteiger partial charge on any atom is 0.187 e. The van der Waals surface area contributed by atoms with Crippen molar-refractivity contribution in [1.82, 2.24) is 0 Å². The van der Waals surface area contributed by atoms with Crippen molar-refractivity contribution in [2.75, 3.05) is 26.4 Å². The molecule has 212 valence electrons. The second kappa shape index (κ2) is 12.9. The molecule has 1 aliphatic carbocycles. The highest BCUT2D eigenvalue weighted by Gasteiger charge is 2.52. The summed E-state index contributed by atoms with van der Waals surface area (Å²) in [5.41, 5.74) is 23.9. The average molecular weight is 529 g/mol. The number of hydrogen-bond acceptors (Lipinski definition) is 16. The van der Waals surface area contributed by atoms with Gasteiger partial charge in [0.25, 0.3) is 0 Å². The second-order valence-corrected chi connectivity index (χ2v) is 9.36. The Morgan fingerprint density at radius 1 is 0.694 bits per heavy atom. The van der Waals surface area contributed by atoms with Gasteiger partial charge in [0.2, 0.25) is 0 Å². The molecule has 0 spiro atoms. The third-order valence-electron chi connectivity index (χ3n) is 6.85. The van der Waals surface area contributed by atoms with E-state index in [-0.39, 0.29) is 26.2 Å². The molecule has 15 atom stereocenters. The summed E-state index contributed by atoms with van der Waals surface area (Å²) in [6, 6.07) is -2.88. The summed E-state index contributed by atoms with van der Waals surface area (Å²) in [5.74, 6) is 0. The smallest absolute Gasteiger partial charge is 0.187 e. The monoisotopic (exact) mass is 528 g/mol. The van der Waals surface area contributed by atoms with Crippen LogP contribution in [0.2, 0.25) is 0 Å². The number of hydrogen-bond donors (Lipinski definition) is 11. The van der Waals surface area contributed by atoms with E-state index in [1.54, 1.807) is 0 Å². The minimum atomic E-state index is -1.61. The molecule has 2 saturated heterocycles. The van der Waals surface area contributed by atoms with E-state index in [4.69, 9.17) is 51.7 Å². The molecule has 3 aliphatic rings. The number of nitrogens with two attached hydrogens (primary N) is 4. The van der Waals surface area contributed by atoms with Crippen LogP contribution in [0.15, 0.2) is 0 Å². The molecule has 2 heterocycles. The van der Waals surface area contributed by atoms with Gasteiger partial charge in [-0.05, 0) is 6.42 Å². The van der Waals surface area contributed by atoms with Gasteiger partial charge in [0.15, 0.2) is 12.6 Å². The number of aliphatic hydroxyl groups excluding tert-OH is 7. The molecule has 0 aromatic carbocycles. The first-order chi connectivity index (χ1) is 17.0. The minimum Gasteiger partial charge on any atom is -0.394 e. The lowest BCUT2D eigenvalue weighted by atomic mass is 9.84. The van der Waals surface area contributed by atoms with Crippen LogP contribution in [-0.4, -0.2) is 154 Å². The highest BCUT2D eigenvalue weighted by molar-refractivity contribution is 5.01. The summed E-state index contributed by atoms with van der Waals surface area (Å²) in [5, 5.41) is 71.1. The van der Waals surface area contributed by atoms with E-state index in [1.165, 1.54) is 0 Å². The molecule has 0 unspecified atom stereocenters. The predicted octanol–water partition coefficient (Wildman–Crippen LogP) is -7.27. The van der Waals surface area contributed by atoms with Gasteiger partial charge in [-0.3, -0.25) is 0 Å². The van der Waals surface area contributed by atoms with Crippen LogP contribution in [0.25, 0.3) is 0 Å². The van der Waals surface area contributed by atoms with E-state index in [0.29, 0.717) is 0 Å². The zero-order valence-electron chi connectivity index (χ0n) is 19.7. The second-order valence-electron chi connectivity index (χ2n) is 9.36. The lowest BCUT2D eigenvalue weighted by Crippen LogP contribution is -2.69. The summed E-state index contributed by atoms with van der Waals surface area (Å²) >= 11 is 0. The van der Waals surface area contributed by atoms with Crippen LogP contribution in [0.1, 0.15) is 6.42 Å². The lowest BCUT2D eigenvalue weighted by molar-refractivity contribution is -0.345. The van der Waals surface area contributed by atoms with Crippen molar-refractivity contribution >= 4 is 0 Å². The Morgan fingerprint density at radius 3 is 1.94 bits per heavy atom. The quantitative estimate of drug-likeness (QED) is 0.132. The predicted molar refractivity (Wildman–Crippen MR) is 119 cm³/mol. The summed E-state index contributed by atoms with van der Waals surface area (Å²) in [4.78, 5) is 0. The van der Waals surface area contributed by atoms with Crippen LogP contribution in [0.5, 0.6) is 0 Å². The molecule has 2 aliphatic heterocycles. The Labute approximate surface area is 207 Å². The molecule has 15 N–H and O–H groups in total. The molecule has 1 saturated carbocycles. The van der Waals surface area contributed by atoms with Gasteiger partial charge >= 0.3 is 0 Å². The first-order valence-corrected chi connectivity index (χ1v) is 11.9. The van der Waals surface area contributed by atoms with Gasteiger partial charge in [-0.1, -0.05) is 0 Å². The number of aliphatic hydroxyl groups is 7. The van der Waals surface area contributed by atoms with E-state index >= 15 is 0 Å². The van der Waals surface area contributed by atoms with E-state index in [0.717, 1.165) is 0 Å². The van der Waals surface area contributed by atoms with Crippen LogP contribution in [0.3, 0.4) is 0 Å². The van der Waals surface area contributed by atoms with Crippen molar-refractivity contribution in [3.8, 4) is 0 Å². The van der Waals surface area contributed by atoms with E-state index in [1.807, 2.05) is 0 Å². The van der Waals surface area contributed by atoms with Gasteiger partial charge < -0.3 is 82.4 Å². The van der Waals surface area contributed by atoms with Crippen molar-refractivity contribution in [3.63, 3.8) is 0 Å². The summed E-state index contributed by atoms with van der Waals surface area (Å²) in [6.45, 7) is -1.40. The first-order valence-electron chi connectivity index (χ1n) is 11.9. The van der Waals surface area contributed by atoms with Crippen molar-refractivity contribution in [2.24, 2.45) is 22.9 Å². The fraction of sp³-hybridized carbons (Fsp3) is 1.00. The largest absolute Gasteiger partial charge is 0.394 e. The molecule has 3 fully saturated rings. The fourth-order valence-electron chi connectivity index (χ4n) is 4.74. The van der Waals surface area contributed by atoms with Crippen LogP contribution in [-0.2, 0) is 23.7 Å². The molecule has 0 amide bonds. The zero-order valence-corrected chi connectivity index (χ0v) is 19.7. The Bertz CT molecular complexity index is 683. The van der Waals surface area contributed by atoms with Gasteiger partial charge in [-0.25, -0.2) is 0 Å². The Balaban J connectivity index is 1.81. The normalized spacial score (nSPS) is 50.2. The van der Waals surface area contributed by atoms with Gasteiger partial charge in [-0.15, -0.1) is 0 Å². The minimum absolute atomic E-state index is 0.105. The maximum atomic E-state index is 10.8. The van der Waals surface area contributed by atoms with Gasteiger partial charge in [0.1, 0.15) is 54.9 Å². The zero-order chi connectivity index (χ0) is 26.7. The lowest BCUT2D eigenvalue weighted by Gasteiger charge is -2.49. The highest BCUT2D eigenvalue weighted by Crippen LogP contribution is 2.32. The molecule has 16 heteroatoms. The molecular formula is C20H40N4O12. The number of rotatable bonds is 9. The standard InChI is InChI=1S/C20H40N4O12/c21-4-8-12(28)14(30)10(24)19(33-8)35-16-7(23)3-6(22)11(27)18(16)36-20-15(31)17(32-2-1-25)13(29)9(5-26)34-20/h6-20,25-31H,1-5,21-24H2/t6-,7+,8-,9-,10-,11+,12-,13-,14-,15-,16-,17+,18-,19-,20+/m1/s1. The van der Waals surface area contributed by atoms with Gasteiger partial charge in [0.05, 0.1) is 32.0 Å². The fourth-order valence-corrected chi connectivity index (χ4v) is 4.74. The molecule has 0 bridgehead atoms. The topological polar surface area (TPSA) is 292 Å². The van der Waals surface area contributed by atoms with Crippen molar-refractivity contribution in [3.05, 3.63) is 0 Å². The molecular weight excluding hydrogens is 488 g/mol. The maximum absolute atomic E-state index is 10.8. The Kier molecular flexibility index (Phi) is 10.8. The number of ether oxygens (including phenoxy) is 5. The first kappa shape index (κ1) is 29.9. The molecule has 16 nitrogen and oxygen atoms in total. The summed E-state index contributed by atoms with van der Waals surface area (Å²) in [6.07, 6.45) is -15.9. The van der Waals surface area contributed by atoms with Crippen molar-refractivity contribution in [2.45, 2.75) is 98.2 Å². The average Bonchev–Trinajstić information content (AvgIpc) is 2.85. The van der Waals surface area contributed by atoms with Gasteiger partial charge in [0, 0.05) is 18.6 Å². The van der Waals surface area contributed by atoms with E-state index in [2.05, 4.69) is 0 Å². The third kappa shape index (κ3) is 6.15. The van der Waals surface area contributed by atoms with Crippen molar-refractivity contribution in [1.29, 1.82) is 0 Å². The molecule has 36 heavy (non-hydrogen) atoms.